The third-order valence-electron chi connectivity index (χ3n) is 4.02. The highest BCUT2D eigenvalue weighted by Crippen LogP contribution is 2.33. The van der Waals surface area contributed by atoms with Gasteiger partial charge in [0.2, 0.25) is 0 Å². The van der Waals surface area contributed by atoms with Gasteiger partial charge in [0.25, 0.3) is 5.91 Å². The summed E-state index contributed by atoms with van der Waals surface area (Å²) in [6.07, 6.45) is 6.27. The normalized spacial score (nSPS) is 28.9. The second-order valence-corrected chi connectivity index (χ2v) is 5.05. The number of nitrogens with two attached hydrogens (primary N) is 1. The van der Waals surface area contributed by atoms with Crippen molar-refractivity contribution in [3.8, 4) is 0 Å². The molecule has 1 fully saturated rings. The van der Waals surface area contributed by atoms with Gasteiger partial charge in [0.05, 0.1) is 5.54 Å². The molecule has 4 N–H and O–H groups in total. The van der Waals surface area contributed by atoms with Crippen LogP contribution in [-0.4, -0.2) is 23.0 Å². The molecule has 0 aliphatic heterocycles. The van der Waals surface area contributed by atoms with Crippen molar-refractivity contribution in [3.05, 3.63) is 24.0 Å². The molecule has 1 aromatic rings. The van der Waals surface area contributed by atoms with Crippen molar-refractivity contribution in [1.29, 1.82) is 0 Å². The highest BCUT2D eigenvalue weighted by molar-refractivity contribution is 5.92. The average molecular weight is 235 g/mol. The highest BCUT2D eigenvalue weighted by Gasteiger charge is 2.38. The molecule has 2 atom stereocenters. The highest BCUT2D eigenvalue weighted by atomic mass is 16.2. The summed E-state index contributed by atoms with van der Waals surface area (Å²) in [6.45, 7) is 2.70. The first-order chi connectivity index (χ1) is 8.18. The summed E-state index contributed by atoms with van der Waals surface area (Å²) in [7, 11) is 0. The molecule has 0 bridgehead atoms. The summed E-state index contributed by atoms with van der Waals surface area (Å²) in [4.78, 5) is 15.0. The third kappa shape index (κ3) is 2.36. The van der Waals surface area contributed by atoms with Crippen LogP contribution in [-0.2, 0) is 0 Å². The number of hydrogen-bond acceptors (Lipinski definition) is 2. The van der Waals surface area contributed by atoms with Crippen LogP contribution in [0.4, 0.5) is 0 Å². The van der Waals surface area contributed by atoms with E-state index in [1.54, 1.807) is 12.3 Å². The molecule has 0 radical (unpaired) electrons. The van der Waals surface area contributed by atoms with Crippen LogP contribution >= 0.6 is 0 Å². The summed E-state index contributed by atoms with van der Waals surface area (Å²) in [6, 6.07) is 3.61. The van der Waals surface area contributed by atoms with E-state index in [0.717, 1.165) is 19.3 Å². The summed E-state index contributed by atoms with van der Waals surface area (Å²) < 4.78 is 0. The van der Waals surface area contributed by atoms with Crippen LogP contribution in [0, 0.1) is 5.92 Å². The maximum Gasteiger partial charge on any atom is 0.268 e. The van der Waals surface area contributed by atoms with E-state index in [1.807, 2.05) is 6.07 Å². The smallest absolute Gasteiger partial charge is 0.268 e. The van der Waals surface area contributed by atoms with Crippen LogP contribution in [0.25, 0.3) is 0 Å². The zero-order valence-corrected chi connectivity index (χ0v) is 10.3. The van der Waals surface area contributed by atoms with Crippen LogP contribution in [0.1, 0.15) is 43.1 Å². The molecule has 1 aliphatic rings. The Kier molecular flexibility index (Phi) is 3.52. The van der Waals surface area contributed by atoms with E-state index >= 15 is 0 Å². The maximum absolute atomic E-state index is 12.1. The number of nitrogens with one attached hydrogen (secondary N) is 2. The Labute approximate surface area is 102 Å². The van der Waals surface area contributed by atoms with E-state index in [1.165, 1.54) is 6.42 Å². The van der Waals surface area contributed by atoms with Crippen molar-refractivity contribution in [1.82, 2.24) is 10.3 Å². The first-order valence-electron chi connectivity index (χ1n) is 6.34. The number of aromatic nitrogens is 1. The van der Waals surface area contributed by atoms with E-state index < -0.39 is 0 Å². The molecule has 2 unspecified atom stereocenters. The molecule has 94 valence electrons. The number of H-pyrrole nitrogens is 1. The average Bonchev–Trinajstić information content (AvgIpc) is 2.86. The minimum absolute atomic E-state index is 0.0470. The topological polar surface area (TPSA) is 70.9 Å². The number of hydrogen-bond donors (Lipinski definition) is 3. The fourth-order valence-corrected chi connectivity index (χ4v) is 2.72. The van der Waals surface area contributed by atoms with E-state index in [4.69, 9.17) is 5.73 Å². The molecule has 1 aromatic heterocycles. The fraction of sp³-hybridized carbons (Fsp3) is 0.615. The standard InChI is InChI=1S/C13H21N3O/c1-10-5-2-3-7-13(10,9-14)16-12(17)11-6-4-8-15-11/h4,6,8,10,15H,2-3,5,7,9,14H2,1H3,(H,16,17). The largest absolute Gasteiger partial charge is 0.357 e. The lowest BCUT2D eigenvalue weighted by Gasteiger charge is -2.42. The van der Waals surface area contributed by atoms with E-state index in [0.29, 0.717) is 18.2 Å². The van der Waals surface area contributed by atoms with E-state index in [-0.39, 0.29) is 11.4 Å². The Balaban J connectivity index is 2.11. The van der Waals surface area contributed by atoms with Gasteiger partial charge in [-0.1, -0.05) is 19.8 Å². The predicted octanol–water partition coefficient (Wildman–Crippen LogP) is 1.65. The van der Waals surface area contributed by atoms with Gasteiger partial charge >= 0.3 is 0 Å². The van der Waals surface area contributed by atoms with Gasteiger partial charge in [-0.15, -0.1) is 0 Å². The van der Waals surface area contributed by atoms with Gasteiger partial charge in [-0.25, -0.2) is 0 Å². The first-order valence-corrected chi connectivity index (χ1v) is 6.34. The van der Waals surface area contributed by atoms with Gasteiger partial charge in [0.15, 0.2) is 0 Å². The number of carbonyl (C=O) groups excluding carboxylic acids is 1. The SMILES string of the molecule is CC1CCCCC1(CN)NC(=O)c1ccc[nH]1. The summed E-state index contributed by atoms with van der Waals surface area (Å²) in [5, 5.41) is 3.14. The van der Waals surface area contributed by atoms with Gasteiger partial charge in [-0.05, 0) is 30.9 Å². The molecule has 0 aromatic carbocycles. The van der Waals surface area contributed by atoms with Crippen molar-refractivity contribution in [2.45, 2.75) is 38.1 Å². The zero-order chi connectivity index (χ0) is 12.3. The van der Waals surface area contributed by atoms with Crippen LogP contribution in [0.3, 0.4) is 0 Å². The summed E-state index contributed by atoms with van der Waals surface area (Å²) >= 11 is 0. The summed E-state index contributed by atoms with van der Waals surface area (Å²) in [5.74, 6) is 0.398. The number of rotatable bonds is 3. The Hall–Kier alpha value is -1.29. The Morgan fingerprint density at radius 1 is 1.65 bits per heavy atom. The maximum atomic E-state index is 12.1. The molecule has 1 amide bonds. The number of aromatic amines is 1. The van der Waals surface area contributed by atoms with Gasteiger partial charge in [0.1, 0.15) is 5.69 Å². The van der Waals surface area contributed by atoms with Gasteiger partial charge in [0, 0.05) is 12.7 Å². The van der Waals surface area contributed by atoms with Crippen LogP contribution in [0.15, 0.2) is 18.3 Å². The minimum atomic E-state index is -0.222. The molecule has 2 rings (SSSR count). The van der Waals surface area contributed by atoms with E-state index in [2.05, 4.69) is 17.2 Å². The van der Waals surface area contributed by atoms with Gasteiger partial charge in [-0.3, -0.25) is 4.79 Å². The van der Waals surface area contributed by atoms with Gasteiger partial charge in [-0.2, -0.15) is 0 Å². The second kappa shape index (κ2) is 4.92. The van der Waals surface area contributed by atoms with Crippen molar-refractivity contribution in [3.63, 3.8) is 0 Å². The van der Waals surface area contributed by atoms with Crippen molar-refractivity contribution < 1.29 is 4.79 Å². The van der Waals surface area contributed by atoms with Crippen LogP contribution < -0.4 is 11.1 Å². The molecule has 4 nitrogen and oxygen atoms in total. The monoisotopic (exact) mass is 235 g/mol. The molecule has 0 spiro atoms. The number of carbonyl (C=O) groups is 1. The molecule has 1 heterocycles. The molecule has 4 heteroatoms. The molecular weight excluding hydrogens is 214 g/mol. The molecule has 1 saturated carbocycles. The Bertz CT molecular complexity index is 374. The molecule has 1 aliphatic carbocycles. The quantitative estimate of drug-likeness (QED) is 0.745. The Morgan fingerprint density at radius 3 is 3.06 bits per heavy atom. The lowest BCUT2D eigenvalue weighted by Crippen LogP contribution is -2.59. The zero-order valence-electron chi connectivity index (χ0n) is 10.3. The van der Waals surface area contributed by atoms with Crippen LogP contribution in [0.5, 0.6) is 0 Å². The minimum Gasteiger partial charge on any atom is -0.357 e. The predicted molar refractivity (Wildman–Crippen MR) is 67.7 cm³/mol. The molecular formula is C13H21N3O. The van der Waals surface area contributed by atoms with Crippen molar-refractivity contribution in [2.24, 2.45) is 11.7 Å². The Morgan fingerprint density at radius 2 is 2.47 bits per heavy atom. The van der Waals surface area contributed by atoms with Crippen molar-refractivity contribution in [2.75, 3.05) is 6.54 Å². The van der Waals surface area contributed by atoms with Crippen molar-refractivity contribution >= 4 is 5.91 Å². The summed E-state index contributed by atoms with van der Waals surface area (Å²) in [5.41, 5.74) is 6.29. The first kappa shape index (κ1) is 12.2. The van der Waals surface area contributed by atoms with Gasteiger partial charge < -0.3 is 16.0 Å². The second-order valence-electron chi connectivity index (χ2n) is 5.05. The number of amides is 1. The lowest BCUT2D eigenvalue weighted by atomic mass is 9.73. The molecule has 0 saturated heterocycles. The fourth-order valence-electron chi connectivity index (χ4n) is 2.72. The van der Waals surface area contributed by atoms with Crippen LogP contribution in [0.2, 0.25) is 0 Å². The van der Waals surface area contributed by atoms with E-state index in [9.17, 15) is 4.79 Å². The third-order valence-corrected chi connectivity index (χ3v) is 4.02. The molecule has 17 heavy (non-hydrogen) atoms. The lowest BCUT2D eigenvalue weighted by molar-refractivity contribution is 0.0808.